The lowest BCUT2D eigenvalue weighted by molar-refractivity contribution is -0.104. The molecule has 1 heterocycles. The molecule has 1 aromatic rings. The van der Waals surface area contributed by atoms with Crippen LogP contribution in [-0.2, 0) is 4.74 Å². The maximum atomic E-state index is 5.77. The standard InChI is InChI=1S/C14H23N3O/c1-6-18-12-8-11(14(12,3)4)17(5)13-7-10(2)15-9-16-13/h7,9,11-12H,6,8H2,1-5H3. The molecule has 2 unspecified atom stereocenters. The van der Waals surface area contributed by atoms with Crippen molar-refractivity contribution in [3.05, 3.63) is 18.1 Å². The van der Waals surface area contributed by atoms with Crippen molar-refractivity contribution in [2.24, 2.45) is 5.41 Å². The molecule has 100 valence electrons. The van der Waals surface area contributed by atoms with Crippen molar-refractivity contribution in [1.82, 2.24) is 9.97 Å². The van der Waals surface area contributed by atoms with Crippen LogP contribution in [0.2, 0.25) is 0 Å². The third-order valence-corrected chi connectivity index (χ3v) is 4.11. The monoisotopic (exact) mass is 249 g/mol. The van der Waals surface area contributed by atoms with E-state index in [1.807, 2.05) is 13.0 Å². The van der Waals surface area contributed by atoms with Crippen molar-refractivity contribution < 1.29 is 4.74 Å². The highest BCUT2D eigenvalue weighted by molar-refractivity contribution is 5.41. The number of hydrogen-bond acceptors (Lipinski definition) is 4. The van der Waals surface area contributed by atoms with Crippen molar-refractivity contribution in [2.45, 2.75) is 46.3 Å². The van der Waals surface area contributed by atoms with E-state index in [1.54, 1.807) is 6.33 Å². The Labute approximate surface area is 109 Å². The fraction of sp³-hybridized carbons (Fsp3) is 0.714. The van der Waals surface area contributed by atoms with E-state index in [1.165, 1.54) is 0 Å². The van der Waals surface area contributed by atoms with Gasteiger partial charge in [0.15, 0.2) is 0 Å². The molecule has 1 saturated carbocycles. The molecule has 4 heteroatoms. The summed E-state index contributed by atoms with van der Waals surface area (Å²) in [4.78, 5) is 10.8. The Morgan fingerprint density at radius 3 is 2.72 bits per heavy atom. The second kappa shape index (κ2) is 4.84. The molecule has 2 atom stereocenters. The summed E-state index contributed by atoms with van der Waals surface area (Å²) < 4.78 is 5.77. The summed E-state index contributed by atoms with van der Waals surface area (Å²) in [6.07, 6.45) is 3.06. The Kier molecular flexibility index (Phi) is 3.57. The van der Waals surface area contributed by atoms with Gasteiger partial charge in [0.1, 0.15) is 12.1 Å². The number of aryl methyl sites for hydroxylation is 1. The minimum Gasteiger partial charge on any atom is -0.378 e. The largest absolute Gasteiger partial charge is 0.378 e. The van der Waals surface area contributed by atoms with Gasteiger partial charge in [0, 0.05) is 36.9 Å². The average Bonchev–Trinajstić information content (AvgIpc) is 2.33. The van der Waals surface area contributed by atoms with Crippen LogP contribution in [0.4, 0.5) is 5.82 Å². The van der Waals surface area contributed by atoms with Crippen LogP contribution >= 0.6 is 0 Å². The Morgan fingerprint density at radius 1 is 1.44 bits per heavy atom. The summed E-state index contributed by atoms with van der Waals surface area (Å²) in [6.45, 7) is 9.38. The summed E-state index contributed by atoms with van der Waals surface area (Å²) in [6, 6.07) is 2.51. The molecule has 0 spiro atoms. The minimum atomic E-state index is 0.170. The van der Waals surface area contributed by atoms with E-state index in [0.29, 0.717) is 12.1 Å². The van der Waals surface area contributed by atoms with E-state index in [0.717, 1.165) is 24.5 Å². The Morgan fingerprint density at radius 2 is 2.17 bits per heavy atom. The minimum absolute atomic E-state index is 0.170. The van der Waals surface area contributed by atoms with Gasteiger partial charge in [-0.05, 0) is 20.3 Å². The van der Waals surface area contributed by atoms with Gasteiger partial charge < -0.3 is 9.64 Å². The van der Waals surface area contributed by atoms with Crippen LogP contribution in [0.5, 0.6) is 0 Å². The van der Waals surface area contributed by atoms with Gasteiger partial charge in [-0.25, -0.2) is 9.97 Å². The molecule has 4 nitrogen and oxygen atoms in total. The number of ether oxygens (including phenoxy) is 1. The third kappa shape index (κ3) is 2.21. The summed E-state index contributed by atoms with van der Waals surface area (Å²) in [5, 5.41) is 0. The number of rotatable bonds is 4. The first-order valence-corrected chi connectivity index (χ1v) is 6.60. The quantitative estimate of drug-likeness (QED) is 0.821. The Hall–Kier alpha value is -1.16. The van der Waals surface area contributed by atoms with Crippen LogP contribution < -0.4 is 4.90 Å². The highest BCUT2D eigenvalue weighted by Gasteiger charge is 2.51. The molecule has 1 fully saturated rings. The average molecular weight is 249 g/mol. The summed E-state index contributed by atoms with van der Waals surface area (Å²) in [7, 11) is 2.11. The maximum absolute atomic E-state index is 5.77. The fourth-order valence-corrected chi connectivity index (χ4v) is 2.80. The van der Waals surface area contributed by atoms with Crippen molar-refractivity contribution in [1.29, 1.82) is 0 Å². The maximum Gasteiger partial charge on any atom is 0.132 e. The van der Waals surface area contributed by atoms with Crippen LogP contribution in [0.15, 0.2) is 12.4 Å². The number of anilines is 1. The predicted molar refractivity (Wildman–Crippen MR) is 72.8 cm³/mol. The first kappa shape index (κ1) is 13.3. The van der Waals surface area contributed by atoms with Crippen molar-refractivity contribution in [2.75, 3.05) is 18.6 Å². The number of hydrogen-bond donors (Lipinski definition) is 0. The zero-order valence-corrected chi connectivity index (χ0v) is 12.0. The molecule has 1 aliphatic carbocycles. The molecule has 18 heavy (non-hydrogen) atoms. The van der Waals surface area contributed by atoms with Gasteiger partial charge in [-0.1, -0.05) is 13.8 Å². The predicted octanol–water partition coefficient (Wildman–Crippen LogP) is 2.42. The van der Waals surface area contributed by atoms with Crippen molar-refractivity contribution in [3.8, 4) is 0 Å². The highest BCUT2D eigenvalue weighted by Crippen LogP contribution is 2.46. The van der Waals surface area contributed by atoms with Crippen LogP contribution in [0.1, 0.15) is 32.9 Å². The second-order valence-corrected chi connectivity index (χ2v) is 5.65. The molecule has 2 rings (SSSR count). The SMILES string of the molecule is CCOC1CC(N(C)c2cc(C)ncn2)C1(C)C. The van der Waals surface area contributed by atoms with E-state index in [4.69, 9.17) is 4.74 Å². The summed E-state index contributed by atoms with van der Waals surface area (Å²) >= 11 is 0. The molecule has 0 amide bonds. The van der Waals surface area contributed by atoms with E-state index < -0.39 is 0 Å². The van der Waals surface area contributed by atoms with E-state index in [2.05, 4.69) is 42.7 Å². The topological polar surface area (TPSA) is 38.2 Å². The Balaban J connectivity index is 2.10. The zero-order chi connectivity index (χ0) is 13.3. The lowest BCUT2D eigenvalue weighted by Crippen LogP contribution is -2.61. The smallest absolute Gasteiger partial charge is 0.132 e. The van der Waals surface area contributed by atoms with Gasteiger partial charge in [-0.3, -0.25) is 0 Å². The van der Waals surface area contributed by atoms with E-state index >= 15 is 0 Å². The van der Waals surface area contributed by atoms with E-state index in [9.17, 15) is 0 Å². The zero-order valence-electron chi connectivity index (χ0n) is 12.0. The molecule has 0 N–H and O–H groups in total. The van der Waals surface area contributed by atoms with Gasteiger partial charge in [-0.2, -0.15) is 0 Å². The van der Waals surface area contributed by atoms with Crippen LogP contribution in [0.3, 0.4) is 0 Å². The van der Waals surface area contributed by atoms with Crippen LogP contribution in [0, 0.1) is 12.3 Å². The second-order valence-electron chi connectivity index (χ2n) is 5.65. The molecular formula is C14H23N3O. The summed E-state index contributed by atoms with van der Waals surface area (Å²) in [5.74, 6) is 0.996. The molecule has 0 bridgehead atoms. The van der Waals surface area contributed by atoms with Crippen molar-refractivity contribution >= 4 is 5.82 Å². The number of aromatic nitrogens is 2. The first-order chi connectivity index (χ1) is 8.46. The van der Waals surface area contributed by atoms with Gasteiger partial charge in [0.25, 0.3) is 0 Å². The van der Waals surface area contributed by atoms with E-state index in [-0.39, 0.29) is 5.41 Å². The van der Waals surface area contributed by atoms with Gasteiger partial charge in [0.2, 0.25) is 0 Å². The third-order valence-electron chi connectivity index (χ3n) is 4.11. The summed E-state index contributed by atoms with van der Waals surface area (Å²) in [5.41, 5.74) is 1.18. The molecular weight excluding hydrogens is 226 g/mol. The molecule has 0 saturated heterocycles. The lowest BCUT2D eigenvalue weighted by Gasteiger charge is -2.55. The Bertz CT molecular complexity index is 419. The lowest BCUT2D eigenvalue weighted by atomic mass is 9.64. The first-order valence-electron chi connectivity index (χ1n) is 6.60. The van der Waals surface area contributed by atoms with Crippen LogP contribution in [0.25, 0.3) is 0 Å². The molecule has 0 aromatic carbocycles. The number of nitrogens with zero attached hydrogens (tertiary/aromatic N) is 3. The van der Waals surface area contributed by atoms with Gasteiger partial charge in [0.05, 0.1) is 6.10 Å². The normalized spacial score (nSPS) is 25.6. The van der Waals surface area contributed by atoms with Gasteiger partial charge >= 0.3 is 0 Å². The molecule has 1 aromatic heterocycles. The fourth-order valence-electron chi connectivity index (χ4n) is 2.80. The van der Waals surface area contributed by atoms with Crippen LogP contribution in [-0.4, -0.2) is 35.8 Å². The van der Waals surface area contributed by atoms with Gasteiger partial charge in [-0.15, -0.1) is 0 Å². The molecule has 1 aliphatic rings. The van der Waals surface area contributed by atoms with Crippen molar-refractivity contribution in [3.63, 3.8) is 0 Å². The molecule has 0 aliphatic heterocycles. The highest BCUT2D eigenvalue weighted by atomic mass is 16.5. The molecule has 0 radical (unpaired) electrons.